The van der Waals surface area contributed by atoms with Crippen LogP contribution in [-0.2, 0) is 15.6 Å². The SMILES string of the molecule is Cc1ccc(N[C@@H](CS(=O)C(C)C)C(=O)O)cc1. The van der Waals surface area contributed by atoms with Gasteiger partial charge in [0.25, 0.3) is 0 Å². The Balaban J connectivity index is 2.72. The number of aryl methyl sites for hydroxylation is 1. The summed E-state index contributed by atoms with van der Waals surface area (Å²) in [6, 6.07) is 6.63. The molecular formula is C13H19NO3S. The first-order chi connectivity index (χ1) is 8.40. The minimum atomic E-state index is -1.14. The van der Waals surface area contributed by atoms with E-state index in [1.807, 2.05) is 45.0 Å². The molecule has 2 atom stereocenters. The maximum Gasteiger partial charge on any atom is 0.327 e. The summed E-state index contributed by atoms with van der Waals surface area (Å²) in [6.07, 6.45) is 0. The van der Waals surface area contributed by atoms with Crippen LogP contribution in [0.5, 0.6) is 0 Å². The van der Waals surface area contributed by atoms with Crippen molar-refractivity contribution in [2.24, 2.45) is 0 Å². The van der Waals surface area contributed by atoms with Crippen molar-refractivity contribution in [3.05, 3.63) is 29.8 Å². The molecule has 0 amide bonds. The number of rotatable bonds is 6. The van der Waals surface area contributed by atoms with E-state index in [4.69, 9.17) is 5.11 Å². The van der Waals surface area contributed by atoms with Gasteiger partial charge >= 0.3 is 5.97 Å². The Hall–Kier alpha value is -1.36. The van der Waals surface area contributed by atoms with E-state index < -0.39 is 22.8 Å². The molecule has 0 spiro atoms. The largest absolute Gasteiger partial charge is 0.480 e. The van der Waals surface area contributed by atoms with Crippen LogP contribution in [0.1, 0.15) is 19.4 Å². The van der Waals surface area contributed by atoms with Crippen molar-refractivity contribution in [1.82, 2.24) is 0 Å². The average molecular weight is 269 g/mol. The molecule has 1 unspecified atom stereocenters. The molecule has 0 bridgehead atoms. The lowest BCUT2D eigenvalue weighted by atomic mass is 10.2. The maximum atomic E-state index is 11.7. The Morgan fingerprint density at radius 2 is 1.89 bits per heavy atom. The monoisotopic (exact) mass is 269 g/mol. The molecule has 0 radical (unpaired) electrons. The molecule has 0 aromatic heterocycles. The van der Waals surface area contributed by atoms with E-state index in [9.17, 15) is 9.00 Å². The molecule has 100 valence electrons. The summed E-state index contributed by atoms with van der Waals surface area (Å²) in [5.41, 5.74) is 1.84. The number of anilines is 1. The van der Waals surface area contributed by atoms with Crippen molar-refractivity contribution >= 4 is 22.5 Å². The zero-order chi connectivity index (χ0) is 13.7. The average Bonchev–Trinajstić information content (AvgIpc) is 2.30. The van der Waals surface area contributed by atoms with Crippen LogP contribution in [0, 0.1) is 6.92 Å². The summed E-state index contributed by atoms with van der Waals surface area (Å²) in [5.74, 6) is -0.870. The Kier molecular flexibility index (Phi) is 5.34. The third kappa shape index (κ3) is 4.49. The molecule has 1 aromatic rings. The van der Waals surface area contributed by atoms with Crippen molar-refractivity contribution in [2.75, 3.05) is 11.1 Å². The van der Waals surface area contributed by atoms with Gasteiger partial charge in [0.15, 0.2) is 0 Å². The van der Waals surface area contributed by atoms with Crippen LogP contribution >= 0.6 is 0 Å². The third-order valence-electron chi connectivity index (χ3n) is 2.55. The summed E-state index contributed by atoms with van der Waals surface area (Å²) in [6.45, 7) is 5.61. The topological polar surface area (TPSA) is 66.4 Å². The second-order valence-electron chi connectivity index (χ2n) is 4.50. The van der Waals surface area contributed by atoms with E-state index in [-0.39, 0.29) is 11.0 Å². The zero-order valence-electron chi connectivity index (χ0n) is 10.8. The van der Waals surface area contributed by atoms with Gasteiger partial charge in [-0.25, -0.2) is 4.79 Å². The molecule has 0 fully saturated rings. The molecular weight excluding hydrogens is 250 g/mol. The van der Waals surface area contributed by atoms with Gasteiger partial charge in [-0.1, -0.05) is 31.5 Å². The number of nitrogens with one attached hydrogen (secondary N) is 1. The second-order valence-corrected chi connectivity index (χ2v) is 6.53. The fourth-order valence-electron chi connectivity index (χ4n) is 1.38. The van der Waals surface area contributed by atoms with Crippen molar-refractivity contribution in [2.45, 2.75) is 32.1 Å². The van der Waals surface area contributed by atoms with Crippen LogP contribution in [0.15, 0.2) is 24.3 Å². The van der Waals surface area contributed by atoms with E-state index in [1.54, 1.807) is 0 Å². The fraction of sp³-hybridized carbons (Fsp3) is 0.462. The van der Waals surface area contributed by atoms with Gasteiger partial charge in [0, 0.05) is 21.7 Å². The highest BCUT2D eigenvalue weighted by Crippen LogP contribution is 2.11. The lowest BCUT2D eigenvalue weighted by molar-refractivity contribution is -0.137. The normalized spacial score (nSPS) is 14.2. The lowest BCUT2D eigenvalue weighted by Gasteiger charge is -2.16. The molecule has 0 aliphatic rings. The molecule has 1 rings (SSSR count). The molecule has 0 aliphatic heterocycles. The Morgan fingerprint density at radius 1 is 1.33 bits per heavy atom. The summed E-state index contributed by atoms with van der Waals surface area (Å²) in [4.78, 5) is 11.1. The number of carboxylic acid groups (broad SMARTS) is 1. The fourth-order valence-corrected chi connectivity index (χ4v) is 2.32. The predicted octanol–water partition coefficient (Wildman–Crippen LogP) is 2.02. The highest BCUT2D eigenvalue weighted by Gasteiger charge is 2.21. The number of carboxylic acids is 1. The summed E-state index contributed by atoms with van der Waals surface area (Å²) in [5, 5.41) is 12.0. The van der Waals surface area contributed by atoms with Crippen molar-refractivity contribution in [1.29, 1.82) is 0 Å². The van der Waals surface area contributed by atoms with Gasteiger partial charge in [-0.3, -0.25) is 4.21 Å². The van der Waals surface area contributed by atoms with Crippen molar-refractivity contribution in [3.63, 3.8) is 0 Å². The van der Waals surface area contributed by atoms with Gasteiger partial charge in [-0.2, -0.15) is 0 Å². The zero-order valence-corrected chi connectivity index (χ0v) is 11.7. The molecule has 0 saturated carbocycles. The molecule has 5 heteroatoms. The van der Waals surface area contributed by atoms with Crippen molar-refractivity contribution in [3.8, 4) is 0 Å². The number of aliphatic carboxylic acids is 1. The van der Waals surface area contributed by atoms with E-state index in [1.165, 1.54) is 0 Å². The maximum absolute atomic E-state index is 11.7. The smallest absolute Gasteiger partial charge is 0.327 e. The summed E-state index contributed by atoms with van der Waals surface area (Å²) >= 11 is 0. The minimum Gasteiger partial charge on any atom is -0.480 e. The van der Waals surface area contributed by atoms with Gasteiger partial charge in [0.05, 0.1) is 5.75 Å². The number of hydrogen-bond donors (Lipinski definition) is 2. The van der Waals surface area contributed by atoms with E-state index in [0.717, 1.165) is 11.3 Å². The van der Waals surface area contributed by atoms with E-state index >= 15 is 0 Å². The molecule has 1 aromatic carbocycles. The summed E-state index contributed by atoms with van der Waals surface area (Å²) in [7, 11) is -1.14. The number of benzene rings is 1. The third-order valence-corrected chi connectivity index (χ3v) is 4.26. The van der Waals surface area contributed by atoms with Crippen LogP contribution in [0.4, 0.5) is 5.69 Å². The van der Waals surface area contributed by atoms with Gasteiger partial charge in [0.1, 0.15) is 6.04 Å². The van der Waals surface area contributed by atoms with E-state index in [0.29, 0.717) is 0 Å². The van der Waals surface area contributed by atoms with Crippen LogP contribution in [-0.4, -0.2) is 32.3 Å². The molecule has 0 aliphatic carbocycles. The van der Waals surface area contributed by atoms with Crippen LogP contribution < -0.4 is 5.32 Å². The number of hydrogen-bond acceptors (Lipinski definition) is 3. The van der Waals surface area contributed by atoms with Gasteiger partial charge < -0.3 is 10.4 Å². The summed E-state index contributed by atoms with van der Waals surface area (Å²) < 4.78 is 11.7. The van der Waals surface area contributed by atoms with Crippen LogP contribution in [0.25, 0.3) is 0 Å². The lowest BCUT2D eigenvalue weighted by Crippen LogP contribution is -2.36. The van der Waals surface area contributed by atoms with Gasteiger partial charge in [0.2, 0.25) is 0 Å². The molecule has 0 heterocycles. The van der Waals surface area contributed by atoms with E-state index in [2.05, 4.69) is 5.32 Å². The Morgan fingerprint density at radius 3 is 2.33 bits per heavy atom. The Bertz CT molecular complexity index is 428. The highest BCUT2D eigenvalue weighted by molar-refractivity contribution is 7.85. The molecule has 4 nitrogen and oxygen atoms in total. The highest BCUT2D eigenvalue weighted by atomic mass is 32.2. The first-order valence-corrected chi connectivity index (χ1v) is 7.21. The molecule has 0 saturated heterocycles. The standard InChI is InChI=1S/C13H19NO3S/c1-9(2)18(17)8-12(13(15)16)14-11-6-4-10(3)5-7-11/h4-7,9,12,14H,8H2,1-3H3,(H,15,16)/t12-,18?/m0/s1. The second kappa shape index (κ2) is 6.54. The number of carbonyl (C=O) groups is 1. The first-order valence-electron chi connectivity index (χ1n) is 5.83. The van der Waals surface area contributed by atoms with Gasteiger partial charge in [-0.15, -0.1) is 0 Å². The predicted molar refractivity (Wildman–Crippen MR) is 74.4 cm³/mol. The molecule has 2 N–H and O–H groups in total. The van der Waals surface area contributed by atoms with Crippen LogP contribution in [0.2, 0.25) is 0 Å². The molecule has 18 heavy (non-hydrogen) atoms. The van der Waals surface area contributed by atoms with Crippen LogP contribution in [0.3, 0.4) is 0 Å². The quantitative estimate of drug-likeness (QED) is 0.829. The first kappa shape index (κ1) is 14.7. The Labute approximate surface area is 110 Å². The minimum absolute atomic E-state index is 0.0355. The van der Waals surface area contributed by atoms with Crippen molar-refractivity contribution < 1.29 is 14.1 Å². The van der Waals surface area contributed by atoms with Gasteiger partial charge in [-0.05, 0) is 19.1 Å².